The van der Waals surface area contributed by atoms with Gasteiger partial charge < -0.3 is 5.73 Å². The average molecular weight is 305 g/mol. The van der Waals surface area contributed by atoms with Gasteiger partial charge in [-0.15, -0.1) is 0 Å². The Morgan fingerprint density at radius 2 is 2.31 bits per heavy atom. The summed E-state index contributed by atoms with van der Waals surface area (Å²) in [7, 11) is 0. The molecule has 0 atom stereocenters. The van der Waals surface area contributed by atoms with Crippen LogP contribution in [0.1, 0.15) is 5.56 Å². The molecule has 0 heterocycles. The molecule has 2 N–H and O–H groups in total. The monoisotopic (exact) mass is 304 g/mol. The van der Waals surface area contributed by atoms with E-state index in [-0.39, 0.29) is 0 Å². The molecule has 0 bridgehead atoms. The molecule has 0 aromatic heterocycles. The van der Waals surface area contributed by atoms with Crippen LogP contribution in [0.2, 0.25) is 5.02 Å². The second-order valence-electron chi connectivity index (χ2n) is 2.35. The summed E-state index contributed by atoms with van der Waals surface area (Å²) in [5, 5.41) is 9.03. The molecular weight excluding hydrogens is 298 g/mol. The number of nitrogens with two attached hydrogens (primary N) is 1. The number of nitriles is 1. The normalized spacial score (nSPS) is 11.0. The van der Waals surface area contributed by atoms with E-state index < -0.39 is 0 Å². The van der Waals surface area contributed by atoms with E-state index in [1.54, 1.807) is 12.1 Å². The average Bonchev–Trinajstić information content (AvgIpc) is 2.09. The smallest absolute Gasteiger partial charge is 0.0933 e. The molecule has 0 unspecified atom stereocenters. The van der Waals surface area contributed by atoms with Gasteiger partial charge >= 0.3 is 0 Å². The van der Waals surface area contributed by atoms with Crippen molar-refractivity contribution in [3.63, 3.8) is 0 Å². The van der Waals surface area contributed by atoms with Crippen LogP contribution in [0.15, 0.2) is 24.3 Å². The van der Waals surface area contributed by atoms with Crippen molar-refractivity contribution in [1.82, 2.24) is 0 Å². The first-order chi connectivity index (χ1) is 6.15. The minimum atomic E-state index is 0.439. The molecule has 0 radical (unpaired) electrons. The van der Waals surface area contributed by atoms with Crippen LogP contribution in [0.5, 0.6) is 0 Å². The minimum Gasteiger partial charge on any atom is -0.398 e. The molecule has 0 saturated carbocycles. The van der Waals surface area contributed by atoms with E-state index in [9.17, 15) is 0 Å². The van der Waals surface area contributed by atoms with Crippen LogP contribution in [0, 0.1) is 14.9 Å². The number of hydrogen-bond donors (Lipinski definition) is 1. The summed E-state index contributed by atoms with van der Waals surface area (Å²) in [5.41, 5.74) is 6.89. The van der Waals surface area contributed by atoms with Gasteiger partial charge in [0.2, 0.25) is 0 Å². The molecular formula is C9H6ClIN2. The highest BCUT2D eigenvalue weighted by atomic mass is 127. The molecule has 0 fully saturated rings. The van der Waals surface area contributed by atoms with Crippen molar-refractivity contribution in [1.29, 1.82) is 5.26 Å². The zero-order chi connectivity index (χ0) is 9.84. The number of hydrogen-bond acceptors (Lipinski definition) is 2. The van der Waals surface area contributed by atoms with Crippen molar-refractivity contribution < 1.29 is 0 Å². The third kappa shape index (κ3) is 2.61. The summed E-state index contributed by atoms with van der Waals surface area (Å²) in [6.07, 6.45) is 1.30. The molecule has 0 aliphatic carbocycles. The molecule has 4 heteroatoms. The minimum absolute atomic E-state index is 0.439. The van der Waals surface area contributed by atoms with Crippen LogP contribution in [0.3, 0.4) is 0 Å². The lowest BCUT2D eigenvalue weighted by molar-refractivity contribution is 1.47. The van der Waals surface area contributed by atoms with E-state index in [1.165, 1.54) is 6.08 Å². The second kappa shape index (κ2) is 4.49. The first-order valence-corrected chi connectivity index (χ1v) is 4.91. The van der Waals surface area contributed by atoms with Crippen molar-refractivity contribution in [2.24, 2.45) is 5.73 Å². The summed E-state index contributed by atoms with van der Waals surface area (Å²) in [4.78, 5) is 0. The Kier molecular flexibility index (Phi) is 3.58. The van der Waals surface area contributed by atoms with Gasteiger partial charge in [-0.2, -0.15) is 5.26 Å². The maximum atomic E-state index is 8.42. The Labute approximate surface area is 95.1 Å². The number of nitrogens with zero attached hydrogens (tertiary/aromatic N) is 1. The number of rotatable bonds is 1. The molecule has 66 valence electrons. The molecule has 1 aromatic carbocycles. The molecule has 2 nitrogen and oxygen atoms in total. The molecule has 13 heavy (non-hydrogen) atoms. The van der Waals surface area contributed by atoms with Crippen LogP contribution in [-0.4, -0.2) is 0 Å². The van der Waals surface area contributed by atoms with Gasteiger partial charge in [0.1, 0.15) is 0 Å². The molecule has 0 aliphatic rings. The van der Waals surface area contributed by atoms with Gasteiger partial charge in [0.25, 0.3) is 0 Å². The zero-order valence-electron chi connectivity index (χ0n) is 6.59. The van der Waals surface area contributed by atoms with Gasteiger partial charge in [-0.05, 0) is 40.8 Å². The summed E-state index contributed by atoms with van der Waals surface area (Å²) < 4.78 is 0.978. The Morgan fingerprint density at radius 3 is 2.92 bits per heavy atom. The quantitative estimate of drug-likeness (QED) is 0.640. The van der Waals surface area contributed by atoms with Gasteiger partial charge in [-0.25, -0.2) is 0 Å². The van der Waals surface area contributed by atoms with Crippen LogP contribution < -0.4 is 5.73 Å². The lowest BCUT2D eigenvalue weighted by Gasteiger charge is -2.03. The lowest BCUT2D eigenvalue weighted by atomic mass is 10.1. The summed E-state index contributed by atoms with van der Waals surface area (Å²) in [5.74, 6) is 0. The SMILES string of the molecule is N#C/C=C(/N)c1cc(Cl)ccc1I. The summed E-state index contributed by atoms with van der Waals surface area (Å²) >= 11 is 7.94. The maximum Gasteiger partial charge on any atom is 0.0933 e. The fourth-order valence-electron chi connectivity index (χ4n) is 0.866. The van der Waals surface area contributed by atoms with E-state index in [0.29, 0.717) is 10.7 Å². The van der Waals surface area contributed by atoms with Crippen LogP contribution in [0.25, 0.3) is 5.70 Å². The number of benzene rings is 1. The topological polar surface area (TPSA) is 49.8 Å². The summed E-state index contributed by atoms with van der Waals surface area (Å²) in [6, 6.07) is 7.26. The van der Waals surface area contributed by atoms with E-state index in [4.69, 9.17) is 22.6 Å². The highest BCUT2D eigenvalue weighted by molar-refractivity contribution is 14.1. The van der Waals surface area contributed by atoms with Crippen molar-refractivity contribution in [2.45, 2.75) is 0 Å². The van der Waals surface area contributed by atoms with Gasteiger partial charge in [-0.3, -0.25) is 0 Å². The maximum absolute atomic E-state index is 8.42. The van der Waals surface area contributed by atoms with E-state index in [1.807, 2.05) is 12.1 Å². The molecule has 0 aliphatic heterocycles. The summed E-state index contributed by atoms with van der Waals surface area (Å²) in [6.45, 7) is 0. The first kappa shape index (κ1) is 10.4. The predicted octanol–water partition coefficient (Wildman–Crippen LogP) is 2.77. The van der Waals surface area contributed by atoms with Crippen molar-refractivity contribution >= 4 is 39.9 Å². The van der Waals surface area contributed by atoms with Crippen LogP contribution in [0.4, 0.5) is 0 Å². The number of allylic oxidation sites excluding steroid dienone is 1. The Balaban J connectivity index is 3.22. The van der Waals surface area contributed by atoms with E-state index >= 15 is 0 Å². The standard InChI is InChI=1S/C9H6ClIN2/c10-6-1-2-8(11)7(5-6)9(13)3-4-12/h1-3,5H,13H2/b9-3+. The fraction of sp³-hybridized carbons (Fsp3) is 0. The zero-order valence-corrected chi connectivity index (χ0v) is 9.50. The Morgan fingerprint density at radius 1 is 1.62 bits per heavy atom. The molecule has 1 rings (SSSR count). The number of halogens is 2. The largest absolute Gasteiger partial charge is 0.398 e. The van der Waals surface area contributed by atoms with Crippen LogP contribution in [-0.2, 0) is 0 Å². The Hall–Kier alpha value is -0.730. The third-order valence-corrected chi connectivity index (χ3v) is 2.64. The fourth-order valence-corrected chi connectivity index (χ4v) is 1.69. The van der Waals surface area contributed by atoms with Gasteiger partial charge in [0.15, 0.2) is 0 Å². The van der Waals surface area contributed by atoms with Gasteiger partial charge in [-0.1, -0.05) is 11.6 Å². The highest BCUT2D eigenvalue weighted by Crippen LogP contribution is 2.21. The molecule has 1 aromatic rings. The molecule has 0 amide bonds. The van der Waals surface area contributed by atoms with Crippen molar-refractivity contribution in [3.8, 4) is 6.07 Å². The third-order valence-electron chi connectivity index (χ3n) is 1.46. The molecule has 0 saturated heterocycles. The second-order valence-corrected chi connectivity index (χ2v) is 3.95. The molecule has 0 spiro atoms. The van der Waals surface area contributed by atoms with Crippen molar-refractivity contribution in [3.05, 3.63) is 38.4 Å². The van der Waals surface area contributed by atoms with Gasteiger partial charge in [0, 0.05) is 20.2 Å². The Bertz CT molecular complexity index is 393. The highest BCUT2D eigenvalue weighted by Gasteiger charge is 2.02. The van der Waals surface area contributed by atoms with E-state index in [0.717, 1.165) is 9.13 Å². The first-order valence-electron chi connectivity index (χ1n) is 3.46. The van der Waals surface area contributed by atoms with Crippen LogP contribution >= 0.6 is 34.2 Å². The van der Waals surface area contributed by atoms with E-state index in [2.05, 4.69) is 22.6 Å². The predicted molar refractivity (Wildman–Crippen MR) is 61.9 cm³/mol. The van der Waals surface area contributed by atoms with Gasteiger partial charge in [0.05, 0.1) is 11.8 Å². The lowest BCUT2D eigenvalue weighted by Crippen LogP contribution is -1.98. The van der Waals surface area contributed by atoms with Crippen molar-refractivity contribution in [2.75, 3.05) is 0 Å².